The monoisotopic (exact) mass is 217 g/mol. The fraction of sp³-hybridized carbons (Fsp3) is 0.111. The highest BCUT2D eigenvalue weighted by molar-refractivity contribution is 6.00. The molecule has 3 aromatic rings. The molecule has 2 aromatic heterocycles. The van der Waals surface area contributed by atoms with Crippen LogP contribution in [0.1, 0.15) is 0 Å². The molecule has 0 unspecified atom stereocenters. The zero-order valence-electron chi connectivity index (χ0n) is 8.29. The molecule has 7 heteroatoms. The second-order valence-electron chi connectivity index (χ2n) is 3.38. The van der Waals surface area contributed by atoms with E-state index in [9.17, 15) is 10.2 Å². The predicted octanol–water partition coefficient (Wildman–Crippen LogP) is 0.323. The van der Waals surface area contributed by atoms with Crippen molar-refractivity contribution in [1.29, 1.82) is 0 Å². The second-order valence-corrected chi connectivity index (χ2v) is 3.38. The van der Waals surface area contributed by atoms with E-state index in [4.69, 9.17) is 0 Å². The van der Waals surface area contributed by atoms with Gasteiger partial charge in [0, 0.05) is 7.05 Å². The number of aromatic hydroxyl groups is 2. The van der Waals surface area contributed by atoms with Gasteiger partial charge in [-0.15, -0.1) is 5.10 Å². The quantitative estimate of drug-likeness (QED) is 0.563. The SMILES string of the molecule is Cn1nnc2ccc3nc(O)c(O)nc3c21. The number of fused-ring (bicyclic) bond motifs is 3. The van der Waals surface area contributed by atoms with Crippen LogP contribution in [0.4, 0.5) is 0 Å². The van der Waals surface area contributed by atoms with E-state index in [-0.39, 0.29) is 0 Å². The van der Waals surface area contributed by atoms with Crippen molar-refractivity contribution in [2.75, 3.05) is 0 Å². The van der Waals surface area contributed by atoms with Crippen LogP contribution >= 0.6 is 0 Å². The number of benzene rings is 1. The molecule has 0 amide bonds. The van der Waals surface area contributed by atoms with E-state index in [0.717, 1.165) is 0 Å². The summed E-state index contributed by atoms with van der Waals surface area (Å²) in [5.74, 6) is -0.983. The summed E-state index contributed by atoms with van der Waals surface area (Å²) in [6, 6.07) is 3.40. The highest BCUT2D eigenvalue weighted by Crippen LogP contribution is 2.26. The first-order valence-corrected chi connectivity index (χ1v) is 4.55. The topological polar surface area (TPSA) is 97.0 Å². The average Bonchev–Trinajstić information content (AvgIpc) is 2.63. The van der Waals surface area contributed by atoms with Gasteiger partial charge in [0.15, 0.2) is 0 Å². The molecule has 0 bridgehead atoms. The van der Waals surface area contributed by atoms with Crippen LogP contribution in [0.15, 0.2) is 12.1 Å². The van der Waals surface area contributed by atoms with Crippen LogP contribution in [0.25, 0.3) is 22.1 Å². The number of aromatic nitrogens is 5. The fourth-order valence-electron chi connectivity index (χ4n) is 1.64. The van der Waals surface area contributed by atoms with Crippen LogP contribution in [0.5, 0.6) is 11.8 Å². The first-order valence-electron chi connectivity index (χ1n) is 4.55. The van der Waals surface area contributed by atoms with Gasteiger partial charge in [-0.25, -0.2) is 14.6 Å². The van der Waals surface area contributed by atoms with Gasteiger partial charge in [-0.05, 0) is 12.1 Å². The third-order valence-corrected chi connectivity index (χ3v) is 2.36. The Morgan fingerprint density at radius 3 is 2.56 bits per heavy atom. The lowest BCUT2D eigenvalue weighted by atomic mass is 10.2. The van der Waals surface area contributed by atoms with Crippen LogP contribution in [0.3, 0.4) is 0 Å². The maximum absolute atomic E-state index is 9.33. The van der Waals surface area contributed by atoms with Gasteiger partial charge in [0.2, 0.25) is 0 Å². The predicted molar refractivity (Wildman–Crippen MR) is 54.9 cm³/mol. The number of hydrogen-bond donors (Lipinski definition) is 2. The molecule has 3 rings (SSSR count). The molecule has 2 N–H and O–H groups in total. The van der Waals surface area contributed by atoms with Gasteiger partial charge in [0.1, 0.15) is 16.6 Å². The van der Waals surface area contributed by atoms with Crippen molar-refractivity contribution in [3.8, 4) is 11.8 Å². The lowest BCUT2D eigenvalue weighted by Crippen LogP contribution is -1.93. The molecule has 0 saturated carbocycles. The maximum atomic E-state index is 9.33. The van der Waals surface area contributed by atoms with E-state index < -0.39 is 11.8 Å². The summed E-state index contributed by atoms with van der Waals surface area (Å²) in [5.41, 5.74) is 2.27. The zero-order chi connectivity index (χ0) is 11.3. The van der Waals surface area contributed by atoms with Crippen molar-refractivity contribution in [2.45, 2.75) is 0 Å². The Kier molecular flexibility index (Phi) is 1.54. The minimum atomic E-state index is -0.499. The lowest BCUT2D eigenvalue weighted by molar-refractivity contribution is 0.378. The van der Waals surface area contributed by atoms with E-state index in [0.29, 0.717) is 22.1 Å². The largest absolute Gasteiger partial charge is 0.489 e. The Hall–Kier alpha value is -2.44. The Bertz CT molecular complexity index is 706. The average molecular weight is 217 g/mol. The second kappa shape index (κ2) is 2.78. The highest BCUT2D eigenvalue weighted by atomic mass is 16.3. The van der Waals surface area contributed by atoms with Gasteiger partial charge in [0.25, 0.3) is 11.8 Å². The van der Waals surface area contributed by atoms with E-state index >= 15 is 0 Å². The standard InChI is InChI=1S/C9H7N5O2/c1-14-7-5(12-13-14)3-2-4-6(7)11-9(16)8(15)10-4/h2-3H,1H3,(H,10,15)(H,11,16). The minimum Gasteiger partial charge on any atom is -0.489 e. The van der Waals surface area contributed by atoms with Crippen LogP contribution in [-0.4, -0.2) is 35.2 Å². The van der Waals surface area contributed by atoms with Crippen LogP contribution in [-0.2, 0) is 7.05 Å². The van der Waals surface area contributed by atoms with E-state index in [1.165, 1.54) is 0 Å². The van der Waals surface area contributed by atoms with Gasteiger partial charge >= 0.3 is 0 Å². The molecule has 0 fully saturated rings. The summed E-state index contributed by atoms with van der Waals surface area (Å²) in [7, 11) is 1.72. The van der Waals surface area contributed by atoms with Gasteiger partial charge in [0.05, 0.1) is 5.52 Å². The molecular formula is C9H7N5O2. The molecule has 80 valence electrons. The molecular weight excluding hydrogens is 210 g/mol. The van der Waals surface area contributed by atoms with Gasteiger partial charge in [-0.2, -0.15) is 0 Å². The van der Waals surface area contributed by atoms with Crippen molar-refractivity contribution < 1.29 is 10.2 Å². The molecule has 0 aliphatic rings. The summed E-state index contributed by atoms with van der Waals surface area (Å²) in [6.07, 6.45) is 0. The van der Waals surface area contributed by atoms with Gasteiger partial charge < -0.3 is 10.2 Å². The molecule has 7 nitrogen and oxygen atoms in total. The smallest absolute Gasteiger partial charge is 0.276 e. The summed E-state index contributed by atoms with van der Waals surface area (Å²) >= 11 is 0. The molecule has 2 heterocycles. The Balaban J connectivity index is 2.58. The minimum absolute atomic E-state index is 0.459. The molecule has 0 aliphatic heterocycles. The van der Waals surface area contributed by atoms with Crippen molar-refractivity contribution in [3.63, 3.8) is 0 Å². The van der Waals surface area contributed by atoms with Crippen molar-refractivity contribution in [1.82, 2.24) is 25.0 Å². The van der Waals surface area contributed by atoms with E-state index in [1.807, 2.05) is 0 Å². The molecule has 1 aromatic carbocycles. The summed E-state index contributed by atoms with van der Waals surface area (Å²) in [4.78, 5) is 7.70. The first-order chi connectivity index (χ1) is 7.66. The molecule has 0 saturated heterocycles. The highest BCUT2D eigenvalue weighted by Gasteiger charge is 2.12. The van der Waals surface area contributed by atoms with Gasteiger partial charge in [-0.3, -0.25) is 0 Å². The maximum Gasteiger partial charge on any atom is 0.276 e. The van der Waals surface area contributed by atoms with Crippen molar-refractivity contribution in [2.24, 2.45) is 7.05 Å². The van der Waals surface area contributed by atoms with Crippen molar-refractivity contribution >= 4 is 22.1 Å². The molecule has 16 heavy (non-hydrogen) atoms. The lowest BCUT2D eigenvalue weighted by Gasteiger charge is -2.01. The van der Waals surface area contributed by atoms with Crippen LogP contribution in [0, 0.1) is 0 Å². The number of hydrogen-bond acceptors (Lipinski definition) is 6. The summed E-state index contributed by atoms with van der Waals surface area (Å²) in [5, 5.41) is 26.4. The summed E-state index contributed by atoms with van der Waals surface area (Å²) in [6.45, 7) is 0. The first kappa shape index (κ1) is 8.84. The number of aryl methyl sites for hydroxylation is 1. The van der Waals surface area contributed by atoms with Crippen molar-refractivity contribution in [3.05, 3.63) is 12.1 Å². The molecule has 0 atom stereocenters. The third kappa shape index (κ3) is 1.02. The number of nitrogens with zero attached hydrogens (tertiary/aromatic N) is 5. The third-order valence-electron chi connectivity index (χ3n) is 2.36. The Morgan fingerprint density at radius 1 is 1.06 bits per heavy atom. The Labute approximate surface area is 89.0 Å². The molecule has 0 radical (unpaired) electrons. The normalized spacial score (nSPS) is 11.3. The van der Waals surface area contributed by atoms with Crippen LogP contribution < -0.4 is 0 Å². The van der Waals surface area contributed by atoms with E-state index in [1.54, 1.807) is 23.9 Å². The van der Waals surface area contributed by atoms with Crippen LogP contribution in [0.2, 0.25) is 0 Å². The molecule has 0 aliphatic carbocycles. The van der Waals surface area contributed by atoms with Gasteiger partial charge in [-0.1, -0.05) is 5.21 Å². The molecule has 0 spiro atoms. The van der Waals surface area contributed by atoms with E-state index in [2.05, 4.69) is 20.3 Å². The zero-order valence-corrected chi connectivity index (χ0v) is 8.29. The fourth-order valence-corrected chi connectivity index (χ4v) is 1.64. The summed E-state index contributed by atoms with van der Waals surface area (Å²) < 4.78 is 1.54. The Morgan fingerprint density at radius 2 is 1.75 bits per heavy atom. The number of rotatable bonds is 0.